The number of hydrogen-bond donors (Lipinski definition) is 0. The molecule has 2 bridgehead atoms. The number of rotatable bonds is 4. The molecule has 3 fully saturated rings. The second kappa shape index (κ2) is 5.41. The SMILES string of the molecule is COc1ccc(CN2CCC34CCC(CC3C2=O)O4)c(OC)c1. The molecule has 124 valence electrons. The van der Waals surface area contributed by atoms with E-state index < -0.39 is 0 Å². The van der Waals surface area contributed by atoms with Gasteiger partial charge in [-0.05, 0) is 37.8 Å². The molecule has 3 saturated heterocycles. The molecule has 0 aliphatic carbocycles. The first-order valence-corrected chi connectivity index (χ1v) is 8.33. The Kier molecular flexibility index (Phi) is 3.48. The van der Waals surface area contributed by atoms with Crippen LogP contribution in [0.15, 0.2) is 18.2 Å². The van der Waals surface area contributed by atoms with Gasteiger partial charge in [-0.25, -0.2) is 0 Å². The van der Waals surface area contributed by atoms with Crippen LogP contribution in [0, 0.1) is 5.92 Å². The number of piperidine rings is 1. The second-order valence-corrected chi connectivity index (χ2v) is 6.82. The Labute approximate surface area is 136 Å². The molecule has 0 N–H and O–H groups in total. The lowest BCUT2D eigenvalue weighted by atomic mass is 9.73. The summed E-state index contributed by atoms with van der Waals surface area (Å²) in [6.07, 6.45) is 4.33. The number of carbonyl (C=O) groups is 1. The van der Waals surface area contributed by atoms with Gasteiger partial charge in [0.25, 0.3) is 0 Å². The average Bonchev–Trinajstić information content (AvgIpc) is 3.16. The van der Waals surface area contributed by atoms with Crippen molar-refractivity contribution in [1.82, 2.24) is 4.90 Å². The van der Waals surface area contributed by atoms with Crippen molar-refractivity contribution >= 4 is 5.91 Å². The highest BCUT2D eigenvalue weighted by atomic mass is 16.5. The van der Waals surface area contributed by atoms with Crippen molar-refractivity contribution in [1.29, 1.82) is 0 Å². The summed E-state index contributed by atoms with van der Waals surface area (Å²) in [5.74, 6) is 1.83. The van der Waals surface area contributed by atoms with Crippen LogP contribution in [0.5, 0.6) is 11.5 Å². The van der Waals surface area contributed by atoms with E-state index in [1.807, 2.05) is 23.1 Å². The third-order valence-corrected chi connectivity index (χ3v) is 5.69. The maximum atomic E-state index is 12.9. The molecule has 1 spiro atoms. The van der Waals surface area contributed by atoms with Crippen LogP contribution in [0.2, 0.25) is 0 Å². The van der Waals surface area contributed by atoms with Gasteiger partial charge in [0, 0.05) is 24.7 Å². The van der Waals surface area contributed by atoms with E-state index in [1.54, 1.807) is 14.2 Å². The van der Waals surface area contributed by atoms with E-state index in [-0.39, 0.29) is 17.4 Å². The van der Waals surface area contributed by atoms with Crippen LogP contribution in [0.25, 0.3) is 0 Å². The number of likely N-dealkylation sites (tertiary alicyclic amines) is 1. The van der Waals surface area contributed by atoms with E-state index in [1.165, 1.54) is 0 Å². The number of hydrogen-bond acceptors (Lipinski definition) is 4. The minimum Gasteiger partial charge on any atom is -0.497 e. The smallest absolute Gasteiger partial charge is 0.229 e. The van der Waals surface area contributed by atoms with E-state index in [2.05, 4.69) is 0 Å². The number of methoxy groups -OCH3 is 2. The summed E-state index contributed by atoms with van der Waals surface area (Å²) in [6, 6.07) is 5.76. The molecule has 4 rings (SSSR count). The molecule has 0 aromatic heterocycles. The number of fused-ring (bicyclic) bond motifs is 1. The van der Waals surface area contributed by atoms with E-state index in [4.69, 9.17) is 14.2 Å². The van der Waals surface area contributed by atoms with Crippen LogP contribution in [-0.2, 0) is 16.1 Å². The Morgan fingerprint density at radius 3 is 2.91 bits per heavy atom. The number of ether oxygens (including phenoxy) is 3. The van der Waals surface area contributed by atoms with E-state index in [0.717, 1.165) is 49.3 Å². The standard InChI is InChI=1S/C18H23NO4/c1-21-13-4-3-12(16(10-13)22-2)11-19-8-7-18-6-5-14(23-18)9-15(18)17(19)20/h3-4,10,14-15H,5-9,11H2,1-2H3. The lowest BCUT2D eigenvalue weighted by Crippen LogP contribution is -2.53. The van der Waals surface area contributed by atoms with Crippen LogP contribution in [0.3, 0.4) is 0 Å². The first kappa shape index (κ1) is 14.8. The van der Waals surface area contributed by atoms with E-state index >= 15 is 0 Å². The molecule has 3 atom stereocenters. The molecule has 3 aliphatic rings. The van der Waals surface area contributed by atoms with Gasteiger partial charge in [-0.1, -0.05) is 0 Å². The third kappa shape index (κ3) is 2.29. The van der Waals surface area contributed by atoms with Gasteiger partial charge < -0.3 is 19.1 Å². The Bertz CT molecular complexity index is 631. The van der Waals surface area contributed by atoms with Crippen LogP contribution in [-0.4, -0.2) is 43.3 Å². The van der Waals surface area contributed by atoms with Crippen molar-refractivity contribution in [2.24, 2.45) is 5.92 Å². The number of carbonyl (C=O) groups excluding carboxylic acids is 1. The normalized spacial score (nSPS) is 32.1. The monoisotopic (exact) mass is 317 g/mol. The molecule has 3 heterocycles. The molecule has 23 heavy (non-hydrogen) atoms. The maximum Gasteiger partial charge on any atom is 0.229 e. The lowest BCUT2D eigenvalue weighted by molar-refractivity contribution is -0.149. The van der Waals surface area contributed by atoms with Gasteiger partial charge >= 0.3 is 0 Å². The molecule has 1 aromatic carbocycles. The lowest BCUT2D eigenvalue weighted by Gasteiger charge is -2.41. The first-order valence-electron chi connectivity index (χ1n) is 8.33. The second-order valence-electron chi connectivity index (χ2n) is 6.82. The topological polar surface area (TPSA) is 48.0 Å². The van der Waals surface area contributed by atoms with Crippen molar-refractivity contribution in [3.05, 3.63) is 23.8 Å². The largest absolute Gasteiger partial charge is 0.497 e. The fourth-order valence-corrected chi connectivity index (χ4v) is 4.44. The zero-order valence-electron chi connectivity index (χ0n) is 13.7. The average molecular weight is 317 g/mol. The van der Waals surface area contributed by atoms with Crippen LogP contribution >= 0.6 is 0 Å². The molecule has 0 saturated carbocycles. The van der Waals surface area contributed by atoms with Gasteiger partial charge in [-0.2, -0.15) is 0 Å². The fraction of sp³-hybridized carbons (Fsp3) is 0.611. The van der Waals surface area contributed by atoms with Crippen molar-refractivity contribution in [2.45, 2.75) is 43.9 Å². The van der Waals surface area contributed by atoms with Crippen molar-refractivity contribution in [3.8, 4) is 11.5 Å². The molecule has 1 aromatic rings. The summed E-state index contributed by atoms with van der Waals surface area (Å²) in [4.78, 5) is 14.9. The van der Waals surface area contributed by atoms with Gasteiger partial charge in [0.05, 0.1) is 31.8 Å². The van der Waals surface area contributed by atoms with Gasteiger partial charge in [0.2, 0.25) is 5.91 Å². The predicted octanol–water partition coefficient (Wildman–Crippen LogP) is 2.37. The van der Waals surface area contributed by atoms with Gasteiger partial charge in [-0.15, -0.1) is 0 Å². The molecule has 3 unspecified atom stereocenters. The summed E-state index contributed by atoms with van der Waals surface area (Å²) in [5, 5.41) is 0. The fourth-order valence-electron chi connectivity index (χ4n) is 4.44. The van der Waals surface area contributed by atoms with E-state index in [0.29, 0.717) is 12.6 Å². The van der Waals surface area contributed by atoms with Crippen molar-refractivity contribution in [2.75, 3.05) is 20.8 Å². The van der Waals surface area contributed by atoms with Gasteiger partial charge in [-0.3, -0.25) is 4.79 Å². The minimum atomic E-state index is -0.151. The predicted molar refractivity (Wildman–Crippen MR) is 84.5 cm³/mol. The highest BCUT2D eigenvalue weighted by Crippen LogP contribution is 2.52. The number of amides is 1. The minimum absolute atomic E-state index is 0.0549. The Hall–Kier alpha value is -1.75. The highest BCUT2D eigenvalue weighted by molar-refractivity contribution is 5.82. The zero-order valence-corrected chi connectivity index (χ0v) is 13.7. The maximum absolute atomic E-state index is 12.9. The van der Waals surface area contributed by atoms with E-state index in [9.17, 15) is 4.79 Å². The third-order valence-electron chi connectivity index (χ3n) is 5.69. The number of benzene rings is 1. The Morgan fingerprint density at radius 2 is 2.17 bits per heavy atom. The molecule has 3 aliphatic heterocycles. The Morgan fingerprint density at radius 1 is 1.30 bits per heavy atom. The molecule has 5 heteroatoms. The van der Waals surface area contributed by atoms with Crippen LogP contribution < -0.4 is 9.47 Å². The first-order chi connectivity index (χ1) is 11.1. The molecular formula is C18H23NO4. The molecule has 5 nitrogen and oxygen atoms in total. The van der Waals surface area contributed by atoms with Gasteiger partial charge in [0.15, 0.2) is 0 Å². The van der Waals surface area contributed by atoms with Crippen molar-refractivity contribution in [3.63, 3.8) is 0 Å². The quantitative estimate of drug-likeness (QED) is 0.855. The van der Waals surface area contributed by atoms with Crippen LogP contribution in [0.4, 0.5) is 0 Å². The van der Waals surface area contributed by atoms with Gasteiger partial charge in [0.1, 0.15) is 11.5 Å². The summed E-state index contributed by atoms with van der Waals surface area (Å²) in [5.41, 5.74) is 0.865. The highest BCUT2D eigenvalue weighted by Gasteiger charge is 2.58. The Balaban J connectivity index is 1.53. The van der Waals surface area contributed by atoms with Crippen LogP contribution in [0.1, 0.15) is 31.2 Å². The molecule has 1 amide bonds. The molecule has 0 radical (unpaired) electrons. The zero-order chi connectivity index (χ0) is 16.0. The number of nitrogens with zero attached hydrogens (tertiary/aromatic N) is 1. The summed E-state index contributed by atoms with van der Waals surface area (Å²) in [7, 11) is 3.28. The van der Waals surface area contributed by atoms with Crippen molar-refractivity contribution < 1.29 is 19.0 Å². The molecular weight excluding hydrogens is 294 g/mol. The summed E-state index contributed by atoms with van der Waals surface area (Å²) < 4.78 is 16.8. The summed E-state index contributed by atoms with van der Waals surface area (Å²) >= 11 is 0. The summed E-state index contributed by atoms with van der Waals surface area (Å²) in [6.45, 7) is 1.35.